The Balaban J connectivity index is 2.24. The Morgan fingerprint density at radius 2 is 2.04 bits per heavy atom. The molecule has 0 aliphatic carbocycles. The zero-order chi connectivity index (χ0) is 17.5. The van der Waals surface area contributed by atoms with Crippen LogP contribution in [0.2, 0.25) is 0 Å². The summed E-state index contributed by atoms with van der Waals surface area (Å²) in [6, 6.07) is 4.30. The van der Waals surface area contributed by atoms with E-state index in [1.54, 1.807) is 6.92 Å². The Morgan fingerprint density at radius 1 is 1.29 bits per heavy atom. The molecule has 24 heavy (non-hydrogen) atoms. The van der Waals surface area contributed by atoms with E-state index in [4.69, 9.17) is 4.74 Å². The topological polar surface area (TPSA) is 71.0 Å². The van der Waals surface area contributed by atoms with E-state index in [9.17, 15) is 18.3 Å². The van der Waals surface area contributed by atoms with Crippen molar-refractivity contribution in [3.8, 4) is 34.0 Å². The number of aryl methyl sites for hydroxylation is 1. The molecule has 126 valence electrons. The molecule has 0 aliphatic rings. The Hall–Kier alpha value is -2.55. The van der Waals surface area contributed by atoms with Gasteiger partial charge in [0.15, 0.2) is 0 Å². The highest BCUT2D eigenvalue weighted by molar-refractivity contribution is 7.09. The lowest BCUT2D eigenvalue weighted by atomic mass is 10.0. The molecule has 0 saturated carbocycles. The minimum Gasteiger partial charge on any atom is -0.507 e. The molecule has 0 fully saturated rings. The molecular weight excluding hydrogens is 343 g/mol. The summed E-state index contributed by atoms with van der Waals surface area (Å²) in [6.45, 7) is 1.70. The Bertz CT molecular complexity index is 886. The number of phenolic OH excluding ortho intramolecular Hbond substituents is 1. The van der Waals surface area contributed by atoms with Crippen molar-refractivity contribution in [1.29, 1.82) is 0 Å². The number of methoxy groups -OCH3 is 1. The highest BCUT2D eigenvalue weighted by Gasteiger charge is 2.39. The number of ether oxygens (including phenoxy) is 1. The monoisotopic (exact) mass is 355 g/mol. The van der Waals surface area contributed by atoms with E-state index in [0.29, 0.717) is 10.8 Å². The van der Waals surface area contributed by atoms with E-state index in [1.807, 2.05) is 5.10 Å². The van der Waals surface area contributed by atoms with Gasteiger partial charge in [-0.2, -0.15) is 18.3 Å². The maximum absolute atomic E-state index is 13.3. The number of halogens is 3. The van der Waals surface area contributed by atoms with Gasteiger partial charge >= 0.3 is 6.18 Å². The van der Waals surface area contributed by atoms with Crippen molar-refractivity contribution in [3.05, 3.63) is 34.3 Å². The summed E-state index contributed by atoms with van der Waals surface area (Å²) in [5.41, 5.74) is -0.898. The molecule has 3 aromatic rings. The molecular formula is C15H12F3N3O2S. The first-order valence-electron chi connectivity index (χ1n) is 6.76. The van der Waals surface area contributed by atoms with E-state index in [-0.39, 0.29) is 28.3 Å². The van der Waals surface area contributed by atoms with Crippen LogP contribution in [-0.4, -0.2) is 27.4 Å². The number of alkyl halides is 3. The summed E-state index contributed by atoms with van der Waals surface area (Å²) in [4.78, 5) is 4.13. The molecule has 0 amide bonds. The Morgan fingerprint density at radius 3 is 2.58 bits per heavy atom. The molecule has 0 saturated heterocycles. The van der Waals surface area contributed by atoms with Crippen molar-refractivity contribution in [3.63, 3.8) is 0 Å². The normalized spacial score (nSPS) is 11.7. The number of nitrogens with one attached hydrogen (secondary N) is 1. The maximum Gasteiger partial charge on any atom is 0.433 e. The van der Waals surface area contributed by atoms with Crippen molar-refractivity contribution in [1.82, 2.24) is 15.2 Å². The lowest BCUT2D eigenvalue weighted by molar-refractivity contribution is -0.140. The number of H-pyrrole nitrogens is 1. The zero-order valence-electron chi connectivity index (χ0n) is 12.6. The summed E-state index contributed by atoms with van der Waals surface area (Å²) >= 11 is 1.23. The zero-order valence-corrected chi connectivity index (χ0v) is 13.4. The van der Waals surface area contributed by atoms with Gasteiger partial charge in [0, 0.05) is 17.0 Å². The first kappa shape index (κ1) is 16.3. The molecule has 1 aromatic carbocycles. The molecule has 0 radical (unpaired) electrons. The highest BCUT2D eigenvalue weighted by Crippen LogP contribution is 2.43. The average Bonchev–Trinajstić information content (AvgIpc) is 3.12. The van der Waals surface area contributed by atoms with Crippen molar-refractivity contribution in [2.75, 3.05) is 7.11 Å². The van der Waals surface area contributed by atoms with Crippen LogP contribution in [0.3, 0.4) is 0 Å². The fraction of sp³-hybridized carbons (Fsp3) is 0.200. The summed E-state index contributed by atoms with van der Waals surface area (Å²) < 4.78 is 44.9. The summed E-state index contributed by atoms with van der Waals surface area (Å²) in [6.07, 6.45) is -4.62. The van der Waals surface area contributed by atoms with Gasteiger partial charge in [0.1, 0.15) is 22.9 Å². The molecule has 2 heterocycles. The second kappa shape index (κ2) is 5.82. The Labute approximate surface area is 138 Å². The summed E-state index contributed by atoms with van der Waals surface area (Å²) in [7, 11) is 1.42. The van der Waals surface area contributed by atoms with E-state index < -0.39 is 11.9 Å². The molecule has 2 N–H and O–H groups in total. The average molecular weight is 355 g/mol. The van der Waals surface area contributed by atoms with Gasteiger partial charge in [0.05, 0.1) is 23.4 Å². The first-order valence-corrected chi connectivity index (χ1v) is 7.64. The molecule has 0 bridgehead atoms. The van der Waals surface area contributed by atoms with Crippen molar-refractivity contribution >= 4 is 11.3 Å². The molecule has 3 rings (SSSR count). The summed E-state index contributed by atoms with van der Waals surface area (Å²) in [5.74, 6) is 0.150. The van der Waals surface area contributed by atoms with Gasteiger partial charge in [0.2, 0.25) is 0 Å². The minimum atomic E-state index is -4.62. The number of thiazole rings is 1. The first-order chi connectivity index (χ1) is 11.3. The number of benzene rings is 1. The van der Waals surface area contributed by atoms with E-state index in [1.165, 1.54) is 42.0 Å². The largest absolute Gasteiger partial charge is 0.507 e. The fourth-order valence-electron chi connectivity index (χ4n) is 2.31. The molecule has 0 aliphatic heterocycles. The number of rotatable bonds is 3. The van der Waals surface area contributed by atoms with Crippen LogP contribution in [0, 0.1) is 6.92 Å². The fourth-order valence-corrected chi connectivity index (χ4v) is 2.91. The molecule has 0 atom stereocenters. The number of hydrogen-bond donors (Lipinski definition) is 2. The highest BCUT2D eigenvalue weighted by atomic mass is 32.1. The van der Waals surface area contributed by atoms with Crippen molar-refractivity contribution < 1.29 is 23.0 Å². The van der Waals surface area contributed by atoms with Crippen LogP contribution in [0.5, 0.6) is 11.5 Å². The molecule has 0 unspecified atom stereocenters. The van der Waals surface area contributed by atoms with Crippen molar-refractivity contribution in [2.24, 2.45) is 0 Å². The second-order valence-electron chi connectivity index (χ2n) is 4.95. The van der Waals surface area contributed by atoms with Gasteiger partial charge in [-0.1, -0.05) is 0 Å². The molecule has 5 nitrogen and oxygen atoms in total. The van der Waals surface area contributed by atoms with Crippen LogP contribution in [0.25, 0.3) is 22.5 Å². The van der Waals surface area contributed by atoms with E-state index >= 15 is 0 Å². The quantitative estimate of drug-likeness (QED) is 0.737. The van der Waals surface area contributed by atoms with Crippen LogP contribution in [0.1, 0.15) is 10.7 Å². The van der Waals surface area contributed by atoms with Gasteiger partial charge in [0.25, 0.3) is 0 Å². The lowest BCUT2D eigenvalue weighted by Gasteiger charge is -2.09. The molecule has 0 spiro atoms. The number of aromatic amines is 1. The second-order valence-corrected chi connectivity index (χ2v) is 6.02. The van der Waals surface area contributed by atoms with Crippen LogP contribution < -0.4 is 4.74 Å². The lowest BCUT2D eigenvalue weighted by Crippen LogP contribution is -2.07. The minimum absolute atomic E-state index is 0.0206. The number of aromatic hydroxyl groups is 1. The molecule has 9 heteroatoms. The van der Waals surface area contributed by atoms with Crippen LogP contribution in [0.4, 0.5) is 13.2 Å². The van der Waals surface area contributed by atoms with Gasteiger partial charge in [-0.25, -0.2) is 4.98 Å². The van der Waals surface area contributed by atoms with Crippen LogP contribution in [-0.2, 0) is 6.18 Å². The Kier molecular flexibility index (Phi) is 3.96. The predicted octanol–water partition coefficient (Wildman–Crippen LogP) is 4.24. The SMILES string of the molecule is COc1ccc(-c2n[nH]c(C(F)(F)F)c2-c2csc(C)n2)c(O)c1. The van der Waals surface area contributed by atoms with Gasteiger partial charge in [-0.15, -0.1) is 11.3 Å². The number of nitrogens with zero attached hydrogens (tertiary/aromatic N) is 2. The third-order valence-electron chi connectivity index (χ3n) is 3.38. The maximum atomic E-state index is 13.3. The van der Waals surface area contributed by atoms with Crippen LogP contribution >= 0.6 is 11.3 Å². The van der Waals surface area contributed by atoms with E-state index in [2.05, 4.69) is 10.1 Å². The van der Waals surface area contributed by atoms with Crippen LogP contribution in [0.15, 0.2) is 23.6 Å². The van der Waals surface area contributed by atoms with Gasteiger partial charge in [-0.3, -0.25) is 5.10 Å². The van der Waals surface area contributed by atoms with Gasteiger partial charge in [-0.05, 0) is 19.1 Å². The standard InChI is InChI=1S/C15H12F3N3O2S/c1-7-19-10(6-24-7)12-13(20-21-14(12)15(16,17)18)9-4-3-8(23-2)5-11(9)22/h3-6,22H,1-2H3,(H,20,21). The van der Waals surface area contributed by atoms with E-state index in [0.717, 1.165) is 0 Å². The molecule has 2 aromatic heterocycles. The summed E-state index contributed by atoms with van der Waals surface area (Å²) in [5, 5.41) is 18.1. The third-order valence-corrected chi connectivity index (χ3v) is 4.16. The number of hydrogen-bond acceptors (Lipinski definition) is 5. The number of aromatic nitrogens is 3. The smallest absolute Gasteiger partial charge is 0.433 e. The number of phenols is 1. The van der Waals surface area contributed by atoms with Gasteiger partial charge < -0.3 is 9.84 Å². The predicted molar refractivity (Wildman–Crippen MR) is 83.1 cm³/mol. The third kappa shape index (κ3) is 2.82. The van der Waals surface area contributed by atoms with Crippen molar-refractivity contribution in [2.45, 2.75) is 13.1 Å².